The summed E-state index contributed by atoms with van der Waals surface area (Å²) >= 11 is 5.46. The van der Waals surface area contributed by atoms with E-state index in [-0.39, 0.29) is 11.7 Å². The van der Waals surface area contributed by atoms with E-state index in [0.29, 0.717) is 12.1 Å². The van der Waals surface area contributed by atoms with Crippen molar-refractivity contribution in [2.75, 3.05) is 6.54 Å². The fourth-order valence-electron chi connectivity index (χ4n) is 2.86. The number of carbonyl (C=O) groups is 1. The maximum Gasteiger partial charge on any atom is 0.296 e. The van der Waals surface area contributed by atoms with Crippen molar-refractivity contribution in [3.05, 3.63) is 65.7 Å². The first-order chi connectivity index (χ1) is 13.6. The summed E-state index contributed by atoms with van der Waals surface area (Å²) in [5, 5.41) is 3.87. The van der Waals surface area contributed by atoms with Crippen molar-refractivity contribution >= 4 is 34.0 Å². The number of rotatable bonds is 7. The summed E-state index contributed by atoms with van der Waals surface area (Å²) in [6.45, 7) is 0.508. The van der Waals surface area contributed by atoms with Crippen LogP contribution in [0.4, 0.5) is 4.39 Å². The third-order valence-electron chi connectivity index (χ3n) is 4.29. The number of hydrogen-bond donors (Lipinski definition) is 2. The number of thiocarbonyl (C=S) groups is 1. The van der Waals surface area contributed by atoms with Crippen LogP contribution in [0.1, 0.15) is 30.4 Å². The fourth-order valence-corrected chi connectivity index (χ4v) is 3.11. The molecule has 4 nitrogen and oxygen atoms in total. The number of carbonyl (C=O) groups excluding carboxylic acids is 1. The van der Waals surface area contributed by atoms with Crippen LogP contribution in [0.25, 0.3) is 11.0 Å². The van der Waals surface area contributed by atoms with Gasteiger partial charge in [-0.15, -0.1) is 0 Å². The molecular weight excluding hydrogens is 373 g/mol. The molecule has 3 rings (SSSR count). The molecule has 0 spiro atoms. The van der Waals surface area contributed by atoms with Crippen molar-refractivity contribution in [3.8, 4) is 11.8 Å². The average Bonchev–Trinajstić information content (AvgIpc) is 3.17. The summed E-state index contributed by atoms with van der Waals surface area (Å²) in [6.07, 6.45) is 6.93. The Balaban J connectivity index is 1.36. The van der Waals surface area contributed by atoms with Crippen molar-refractivity contribution in [2.45, 2.75) is 25.7 Å². The quantitative estimate of drug-likeness (QED) is 0.363. The van der Waals surface area contributed by atoms with Crippen LogP contribution in [0.2, 0.25) is 0 Å². The molecule has 1 aromatic carbocycles. The molecule has 1 amide bonds. The Kier molecular flexibility index (Phi) is 6.88. The zero-order valence-corrected chi connectivity index (χ0v) is 16.1. The van der Waals surface area contributed by atoms with Gasteiger partial charge in [-0.3, -0.25) is 4.79 Å². The van der Waals surface area contributed by atoms with Crippen molar-refractivity contribution < 1.29 is 9.18 Å². The number of fused-ring (bicyclic) bond motifs is 1. The monoisotopic (exact) mass is 393 g/mol. The molecule has 0 radical (unpaired) electrons. The van der Waals surface area contributed by atoms with E-state index >= 15 is 0 Å². The maximum atomic E-state index is 13.1. The first-order valence-corrected chi connectivity index (χ1v) is 9.51. The van der Waals surface area contributed by atoms with Crippen molar-refractivity contribution in [1.82, 2.24) is 15.3 Å². The summed E-state index contributed by atoms with van der Waals surface area (Å²) in [5.74, 6) is 4.37. The van der Waals surface area contributed by atoms with E-state index < -0.39 is 0 Å². The number of halogens is 1. The molecular formula is C22H20FN3OS. The molecule has 0 saturated heterocycles. The number of nitrogens with zero attached hydrogens (tertiary/aromatic N) is 1. The molecule has 0 aliphatic carbocycles. The Morgan fingerprint density at radius 2 is 2.14 bits per heavy atom. The third-order valence-corrected chi connectivity index (χ3v) is 4.69. The largest absolute Gasteiger partial charge is 0.346 e. The van der Waals surface area contributed by atoms with Crippen LogP contribution in [0.15, 0.2) is 48.8 Å². The molecule has 0 atom stereocenters. The van der Waals surface area contributed by atoms with Crippen molar-refractivity contribution in [2.24, 2.45) is 0 Å². The standard InChI is InChI=1S/C22H20FN3OS/c23-18-4-1-3-16(15-18)6-9-21(27)24-12-2-5-19(28)8-7-17-10-13-25-22-20(17)11-14-26-22/h1,3-4,10-11,13-15H,2,5,7-8,12H2,(H,24,27)(H,25,26). The van der Waals surface area contributed by atoms with Gasteiger partial charge < -0.3 is 10.3 Å². The molecule has 0 fully saturated rings. The Labute approximate surface area is 168 Å². The molecule has 2 heterocycles. The van der Waals surface area contributed by atoms with Gasteiger partial charge in [0.1, 0.15) is 11.5 Å². The Hall–Kier alpha value is -3.04. The van der Waals surface area contributed by atoms with Crippen LogP contribution < -0.4 is 5.32 Å². The normalized spacial score (nSPS) is 10.3. The number of pyridine rings is 1. The molecule has 0 aliphatic heterocycles. The zero-order valence-electron chi connectivity index (χ0n) is 15.3. The fraction of sp³-hybridized carbons (Fsp3) is 0.227. The number of hydrogen-bond acceptors (Lipinski definition) is 3. The van der Waals surface area contributed by atoms with Gasteiger partial charge in [-0.1, -0.05) is 24.2 Å². The molecule has 0 bridgehead atoms. The Morgan fingerprint density at radius 3 is 3.00 bits per heavy atom. The van der Waals surface area contributed by atoms with E-state index in [4.69, 9.17) is 12.2 Å². The number of aromatic amines is 1. The lowest BCUT2D eigenvalue weighted by Crippen LogP contribution is -2.23. The van der Waals surface area contributed by atoms with Crippen LogP contribution in [0.5, 0.6) is 0 Å². The van der Waals surface area contributed by atoms with E-state index in [2.05, 4.69) is 27.1 Å². The first kappa shape index (κ1) is 19.7. The van der Waals surface area contributed by atoms with Crippen LogP contribution in [0.3, 0.4) is 0 Å². The highest BCUT2D eigenvalue weighted by atomic mass is 32.1. The second kappa shape index (κ2) is 9.77. The summed E-state index contributed by atoms with van der Waals surface area (Å²) < 4.78 is 13.1. The lowest BCUT2D eigenvalue weighted by Gasteiger charge is -2.06. The van der Waals surface area contributed by atoms with E-state index in [1.807, 2.05) is 18.3 Å². The third kappa shape index (κ3) is 5.73. The van der Waals surface area contributed by atoms with Gasteiger partial charge in [0.05, 0.1) is 0 Å². The van der Waals surface area contributed by atoms with Crippen LogP contribution in [0, 0.1) is 17.7 Å². The van der Waals surface area contributed by atoms with Crippen LogP contribution >= 0.6 is 12.2 Å². The minimum absolute atomic E-state index is 0.371. The van der Waals surface area contributed by atoms with Gasteiger partial charge in [0.2, 0.25) is 0 Å². The predicted molar refractivity (Wildman–Crippen MR) is 113 cm³/mol. The number of benzene rings is 1. The highest BCUT2D eigenvalue weighted by Crippen LogP contribution is 2.17. The molecule has 6 heteroatoms. The highest BCUT2D eigenvalue weighted by molar-refractivity contribution is 7.80. The smallest absolute Gasteiger partial charge is 0.296 e. The van der Waals surface area contributed by atoms with Crippen molar-refractivity contribution in [1.29, 1.82) is 0 Å². The number of H-pyrrole nitrogens is 1. The second-order valence-electron chi connectivity index (χ2n) is 6.37. The van der Waals surface area contributed by atoms with Gasteiger partial charge in [0.25, 0.3) is 5.91 Å². The molecule has 2 N–H and O–H groups in total. The first-order valence-electron chi connectivity index (χ1n) is 9.10. The van der Waals surface area contributed by atoms with E-state index in [1.165, 1.54) is 17.7 Å². The number of amides is 1. The zero-order chi connectivity index (χ0) is 19.8. The van der Waals surface area contributed by atoms with Gasteiger partial charge in [-0.2, -0.15) is 0 Å². The summed E-state index contributed by atoms with van der Waals surface area (Å²) in [7, 11) is 0. The minimum Gasteiger partial charge on any atom is -0.346 e. The van der Waals surface area contributed by atoms with E-state index in [1.54, 1.807) is 18.3 Å². The predicted octanol–water partition coefficient (Wildman–Crippen LogP) is 3.95. The van der Waals surface area contributed by atoms with Gasteiger partial charge in [-0.05, 0) is 66.4 Å². The van der Waals surface area contributed by atoms with Gasteiger partial charge in [0, 0.05) is 35.8 Å². The molecule has 142 valence electrons. The molecule has 0 unspecified atom stereocenters. The minimum atomic E-state index is -0.373. The van der Waals surface area contributed by atoms with E-state index in [9.17, 15) is 9.18 Å². The summed E-state index contributed by atoms with van der Waals surface area (Å²) in [4.78, 5) is 20.1. The summed E-state index contributed by atoms with van der Waals surface area (Å²) in [6, 6.07) is 9.90. The average molecular weight is 393 g/mol. The number of aryl methyl sites for hydroxylation is 1. The molecule has 28 heavy (non-hydrogen) atoms. The van der Waals surface area contributed by atoms with Gasteiger partial charge in [0.15, 0.2) is 0 Å². The van der Waals surface area contributed by atoms with Crippen LogP contribution in [-0.4, -0.2) is 27.3 Å². The molecule has 3 aromatic rings. The summed E-state index contributed by atoms with van der Waals surface area (Å²) in [5.41, 5.74) is 2.60. The molecule has 0 aliphatic rings. The number of aromatic nitrogens is 2. The SMILES string of the molecule is O=C(C#Cc1cccc(F)c1)NCCCC(=S)CCc1ccnc2[nH]ccc12. The maximum absolute atomic E-state index is 13.1. The Bertz CT molecular complexity index is 1050. The lowest BCUT2D eigenvalue weighted by molar-refractivity contribution is -0.115. The Morgan fingerprint density at radius 1 is 1.25 bits per heavy atom. The van der Waals surface area contributed by atoms with Gasteiger partial charge in [-0.25, -0.2) is 9.37 Å². The van der Waals surface area contributed by atoms with Crippen LogP contribution in [-0.2, 0) is 11.2 Å². The number of nitrogens with one attached hydrogen (secondary N) is 2. The lowest BCUT2D eigenvalue weighted by atomic mass is 10.0. The van der Waals surface area contributed by atoms with Gasteiger partial charge >= 0.3 is 0 Å². The molecule has 2 aromatic heterocycles. The second-order valence-corrected chi connectivity index (χ2v) is 6.95. The highest BCUT2D eigenvalue weighted by Gasteiger charge is 2.05. The topological polar surface area (TPSA) is 57.8 Å². The molecule has 0 saturated carbocycles. The van der Waals surface area contributed by atoms with Crippen molar-refractivity contribution in [3.63, 3.8) is 0 Å². The van der Waals surface area contributed by atoms with E-state index in [0.717, 1.165) is 41.6 Å².